The zero-order valence-corrected chi connectivity index (χ0v) is 21.5. The van der Waals surface area contributed by atoms with Gasteiger partial charge in [0.15, 0.2) is 0 Å². The van der Waals surface area contributed by atoms with Crippen LogP contribution in [0, 0.1) is 13.8 Å². The second-order valence-electron chi connectivity index (χ2n) is 9.25. The number of carbonyl (C=O) groups is 1. The third-order valence-corrected chi connectivity index (χ3v) is 8.04. The fraction of sp³-hybridized carbons (Fsp3) is 0.214. The summed E-state index contributed by atoms with van der Waals surface area (Å²) in [6.45, 7) is 7.21. The molecule has 1 aliphatic heterocycles. The van der Waals surface area contributed by atoms with Gasteiger partial charge in [-0.25, -0.2) is 18.2 Å². The van der Waals surface area contributed by atoms with Crippen LogP contribution in [0.3, 0.4) is 0 Å². The summed E-state index contributed by atoms with van der Waals surface area (Å²) in [4.78, 5) is 21.5. The van der Waals surface area contributed by atoms with E-state index < -0.39 is 16.0 Å². The molecule has 0 atom stereocenters. The molecule has 1 saturated heterocycles. The summed E-state index contributed by atoms with van der Waals surface area (Å²) in [6.07, 6.45) is 0. The van der Waals surface area contributed by atoms with Crippen LogP contribution in [0.5, 0.6) is 0 Å². The Hall–Kier alpha value is -4.11. The van der Waals surface area contributed by atoms with Crippen molar-refractivity contribution in [1.29, 1.82) is 0 Å². The molecule has 9 heteroatoms. The first-order valence-electron chi connectivity index (χ1n) is 12.0. The molecule has 0 bridgehead atoms. The number of carboxylic acids is 1. The van der Waals surface area contributed by atoms with Gasteiger partial charge in [0.2, 0.25) is 0 Å². The topological polar surface area (TPSA) is 103 Å². The third kappa shape index (κ3) is 5.08. The molecule has 0 amide bonds. The summed E-state index contributed by atoms with van der Waals surface area (Å²) in [5.74, 6) is -0.492. The molecule has 5 rings (SSSR count). The first-order chi connectivity index (χ1) is 17.7. The number of rotatable bonds is 6. The van der Waals surface area contributed by atoms with Crippen molar-refractivity contribution in [2.24, 2.45) is 0 Å². The molecule has 0 aliphatic carbocycles. The Kier molecular flexibility index (Phi) is 6.47. The van der Waals surface area contributed by atoms with Crippen LogP contribution in [0.2, 0.25) is 0 Å². The Labute approximate surface area is 216 Å². The third-order valence-electron chi connectivity index (χ3n) is 6.64. The largest absolute Gasteiger partial charge is 0.478 e. The number of fused-ring (bicyclic) bond motifs is 1. The molecule has 1 aromatic heterocycles. The molecule has 0 unspecified atom stereocenters. The zero-order valence-electron chi connectivity index (χ0n) is 20.7. The normalized spacial score (nSPS) is 14.1. The number of aromatic nitrogens is 1. The first-order valence-corrected chi connectivity index (χ1v) is 13.5. The number of pyridine rings is 1. The summed E-state index contributed by atoms with van der Waals surface area (Å²) >= 11 is 0. The SMILES string of the molecule is Cc1ccc(C)c(N2CCN(c3cc(C(=O)O)c4cc(NS(=O)(=O)c5ccccc5)ccc4n3)CC2)c1. The number of piperazine rings is 1. The molecule has 4 aromatic rings. The molecule has 1 aliphatic rings. The molecule has 1 fully saturated rings. The van der Waals surface area contributed by atoms with Crippen molar-refractivity contribution in [2.75, 3.05) is 40.7 Å². The van der Waals surface area contributed by atoms with Gasteiger partial charge in [0.25, 0.3) is 10.0 Å². The average Bonchev–Trinajstić information content (AvgIpc) is 2.90. The van der Waals surface area contributed by atoms with Gasteiger partial charge in [-0.2, -0.15) is 0 Å². The second kappa shape index (κ2) is 9.74. The van der Waals surface area contributed by atoms with Crippen LogP contribution < -0.4 is 14.5 Å². The first kappa shape index (κ1) is 24.6. The number of hydrogen-bond acceptors (Lipinski definition) is 6. The van der Waals surface area contributed by atoms with Crippen molar-refractivity contribution < 1.29 is 18.3 Å². The summed E-state index contributed by atoms with van der Waals surface area (Å²) < 4.78 is 28.0. The van der Waals surface area contributed by atoms with E-state index in [2.05, 4.69) is 46.6 Å². The van der Waals surface area contributed by atoms with Gasteiger partial charge in [-0.1, -0.05) is 30.3 Å². The van der Waals surface area contributed by atoms with E-state index in [1.165, 1.54) is 35.0 Å². The summed E-state index contributed by atoms with van der Waals surface area (Å²) in [5.41, 5.74) is 4.52. The maximum Gasteiger partial charge on any atom is 0.336 e. The summed E-state index contributed by atoms with van der Waals surface area (Å²) in [7, 11) is -3.81. The Balaban J connectivity index is 1.41. The lowest BCUT2D eigenvalue weighted by Crippen LogP contribution is -2.47. The number of carboxylic acid groups (broad SMARTS) is 1. The molecular formula is C28H28N4O4S. The smallest absolute Gasteiger partial charge is 0.336 e. The zero-order chi connectivity index (χ0) is 26.2. The fourth-order valence-electron chi connectivity index (χ4n) is 4.66. The molecule has 0 radical (unpaired) electrons. The van der Waals surface area contributed by atoms with Crippen LogP contribution in [0.15, 0.2) is 77.7 Å². The monoisotopic (exact) mass is 516 g/mol. The average molecular weight is 517 g/mol. The van der Waals surface area contributed by atoms with E-state index in [1.807, 2.05) is 0 Å². The number of aromatic carboxylic acids is 1. The van der Waals surface area contributed by atoms with Crippen molar-refractivity contribution in [3.8, 4) is 0 Å². The van der Waals surface area contributed by atoms with Crippen molar-refractivity contribution in [3.05, 3.63) is 89.5 Å². The van der Waals surface area contributed by atoms with Gasteiger partial charge >= 0.3 is 5.97 Å². The van der Waals surface area contributed by atoms with Crippen molar-refractivity contribution in [2.45, 2.75) is 18.7 Å². The number of nitrogens with zero attached hydrogens (tertiary/aromatic N) is 3. The standard InChI is InChI=1S/C28H28N4O4S/c1-19-8-9-20(2)26(16-19)31-12-14-32(15-13-31)27-18-24(28(33)34)23-17-21(10-11-25(23)29-27)30-37(35,36)22-6-4-3-5-7-22/h3-11,16-18,30H,12-15H2,1-2H3,(H,33,34). The van der Waals surface area contributed by atoms with Gasteiger partial charge in [0.1, 0.15) is 5.82 Å². The Bertz CT molecular complexity index is 1580. The van der Waals surface area contributed by atoms with Gasteiger partial charge in [0, 0.05) is 42.9 Å². The Morgan fingerprint density at radius 3 is 2.30 bits per heavy atom. The number of hydrogen-bond donors (Lipinski definition) is 2. The van der Waals surface area contributed by atoms with E-state index in [-0.39, 0.29) is 16.1 Å². The predicted molar refractivity (Wildman–Crippen MR) is 146 cm³/mol. The number of aryl methyl sites for hydroxylation is 2. The number of anilines is 3. The molecule has 0 saturated carbocycles. The molecule has 190 valence electrons. The van der Waals surface area contributed by atoms with E-state index in [4.69, 9.17) is 4.98 Å². The van der Waals surface area contributed by atoms with Crippen molar-refractivity contribution >= 4 is 44.1 Å². The van der Waals surface area contributed by atoms with Gasteiger partial charge in [-0.15, -0.1) is 0 Å². The number of nitrogens with one attached hydrogen (secondary N) is 1. The number of sulfonamides is 1. The molecule has 2 N–H and O–H groups in total. The molecule has 2 heterocycles. The van der Waals surface area contributed by atoms with E-state index in [1.54, 1.807) is 36.4 Å². The van der Waals surface area contributed by atoms with Crippen molar-refractivity contribution in [3.63, 3.8) is 0 Å². The number of benzene rings is 3. The van der Waals surface area contributed by atoms with Gasteiger partial charge in [0.05, 0.1) is 16.0 Å². The second-order valence-corrected chi connectivity index (χ2v) is 10.9. The lowest BCUT2D eigenvalue weighted by molar-refractivity contribution is 0.0699. The van der Waals surface area contributed by atoms with Crippen LogP contribution in [0.25, 0.3) is 10.9 Å². The highest BCUT2D eigenvalue weighted by Crippen LogP contribution is 2.29. The van der Waals surface area contributed by atoms with E-state index in [0.717, 1.165) is 13.1 Å². The predicted octanol–water partition coefficient (Wildman–Crippen LogP) is 4.68. The van der Waals surface area contributed by atoms with Crippen LogP contribution in [-0.4, -0.2) is 50.7 Å². The van der Waals surface area contributed by atoms with Crippen LogP contribution in [0.4, 0.5) is 17.2 Å². The molecule has 37 heavy (non-hydrogen) atoms. The lowest BCUT2D eigenvalue weighted by Gasteiger charge is -2.37. The minimum absolute atomic E-state index is 0.0812. The van der Waals surface area contributed by atoms with Gasteiger partial charge < -0.3 is 14.9 Å². The maximum absolute atomic E-state index is 12.7. The Morgan fingerprint density at radius 1 is 0.892 bits per heavy atom. The van der Waals surface area contributed by atoms with Crippen LogP contribution >= 0.6 is 0 Å². The quantitative estimate of drug-likeness (QED) is 0.384. The van der Waals surface area contributed by atoms with Gasteiger partial charge in [-0.05, 0) is 67.4 Å². The molecule has 8 nitrogen and oxygen atoms in total. The minimum Gasteiger partial charge on any atom is -0.478 e. The van der Waals surface area contributed by atoms with E-state index >= 15 is 0 Å². The lowest BCUT2D eigenvalue weighted by atomic mass is 10.1. The van der Waals surface area contributed by atoms with Gasteiger partial charge in [-0.3, -0.25) is 4.72 Å². The fourth-order valence-corrected chi connectivity index (χ4v) is 5.74. The highest BCUT2D eigenvalue weighted by molar-refractivity contribution is 7.92. The van der Waals surface area contributed by atoms with E-state index in [0.29, 0.717) is 29.8 Å². The van der Waals surface area contributed by atoms with E-state index in [9.17, 15) is 18.3 Å². The highest BCUT2D eigenvalue weighted by atomic mass is 32.2. The molecular weight excluding hydrogens is 488 g/mol. The molecule has 0 spiro atoms. The van der Waals surface area contributed by atoms with Crippen molar-refractivity contribution in [1.82, 2.24) is 4.98 Å². The van der Waals surface area contributed by atoms with Crippen LogP contribution in [0.1, 0.15) is 21.5 Å². The van der Waals surface area contributed by atoms with Crippen LogP contribution in [-0.2, 0) is 10.0 Å². The molecule has 3 aromatic carbocycles. The Morgan fingerprint density at radius 2 is 1.59 bits per heavy atom. The highest BCUT2D eigenvalue weighted by Gasteiger charge is 2.22. The summed E-state index contributed by atoms with van der Waals surface area (Å²) in [6, 6.07) is 20.8. The minimum atomic E-state index is -3.81. The maximum atomic E-state index is 12.7. The summed E-state index contributed by atoms with van der Waals surface area (Å²) in [5, 5.41) is 10.3.